The van der Waals surface area contributed by atoms with Crippen LogP contribution in [0.15, 0.2) is 89.4 Å². The van der Waals surface area contributed by atoms with Crippen molar-refractivity contribution < 1.29 is 0 Å². The van der Waals surface area contributed by atoms with Crippen LogP contribution < -0.4 is 5.32 Å². The molecule has 2 aliphatic rings. The molecule has 0 aromatic carbocycles. The molecule has 31 heavy (non-hydrogen) atoms. The highest BCUT2D eigenvalue weighted by molar-refractivity contribution is 5.28. The molecule has 0 aromatic rings. The van der Waals surface area contributed by atoms with Crippen molar-refractivity contribution >= 4 is 6.72 Å². The first kappa shape index (κ1) is 28.6. The smallest absolute Gasteiger partial charge is 0.0639 e. The van der Waals surface area contributed by atoms with E-state index in [4.69, 9.17) is 0 Å². The van der Waals surface area contributed by atoms with E-state index >= 15 is 0 Å². The Morgan fingerprint density at radius 3 is 2.42 bits per heavy atom. The Morgan fingerprint density at radius 2 is 1.90 bits per heavy atom. The van der Waals surface area contributed by atoms with Gasteiger partial charge in [0.2, 0.25) is 0 Å². The summed E-state index contributed by atoms with van der Waals surface area (Å²) in [7, 11) is 0. The minimum Gasteiger partial charge on any atom is -0.314 e. The highest BCUT2D eigenvalue weighted by Crippen LogP contribution is 2.17. The van der Waals surface area contributed by atoms with Crippen molar-refractivity contribution in [3.63, 3.8) is 0 Å². The standard InChI is InChI=1S/C12H18N2.C9H12.C7H15N/c1-6-8-9-12(7-2)14(13-5)10-11(3)4;1-2-9-7-5-3-4-6-8-9;1-2-8-7-5-3-4-6-7/h6-10H,2,5H2,1,3-4H3;3-7H,2,8H2,1H3;7-8H,2-6H2,1H3/b8-6-,12-9+;;. The molecule has 3 nitrogen and oxygen atoms in total. The normalized spacial score (nSPS) is 15.8. The fraction of sp³-hybridized carbons (Fsp3) is 0.464. The molecule has 0 unspecified atom stereocenters. The number of nitrogens with one attached hydrogen (secondary N) is 1. The van der Waals surface area contributed by atoms with E-state index in [0.29, 0.717) is 0 Å². The second-order valence-electron chi connectivity index (χ2n) is 7.75. The van der Waals surface area contributed by atoms with Crippen molar-refractivity contribution in [3.05, 3.63) is 84.3 Å². The maximum atomic E-state index is 3.89. The number of hydrazone groups is 1. The van der Waals surface area contributed by atoms with Crippen LogP contribution in [0.5, 0.6) is 0 Å². The van der Waals surface area contributed by atoms with Crippen molar-refractivity contribution in [2.75, 3.05) is 6.54 Å². The molecule has 0 atom stereocenters. The Bertz CT molecular complexity index is 664. The summed E-state index contributed by atoms with van der Waals surface area (Å²) < 4.78 is 0. The molecule has 0 aromatic heterocycles. The van der Waals surface area contributed by atoms with Crippen LogP contribution in [-0.4, -0.2) is 24.3 Å². The highest BCUT2D eigenvalue weighted by atomic mass is 15.4. The quantitative estimate of drug-likeness (QED) is 0.244. The van der Waals surface area contributed by atoms with E-state index in [1.165, 1.54) is 37.7 Å². The topological polar surface area (TPSA) is 27.6 Å². The lowest BCUT2D eigenvalue weighted by Crippen LogP contribution is -2.24. The summed E-state index contributed by atoms with van der Waals surface area (Å²) in [6, 6.07) is 0.861. The van der Waals surface area contributed by atoms with Gasteiger partial charge in [0.15, 0.2) is 0 Å². The Kier molecular flexibility index (Phi) is 18.1. The molecule has 2 rings (SSSR count). The summed E-state index contributed by atoms with van der Waals surface area (Å²) >= 11 is 0. The fourth-order valence-corrected chi connectivity index (χ4v) is 3.18. The van der Waals surface area contributed by atoms with E-state index in [9.17, 15) is 0 Å². The van der Waals surface area contributed by atoms with Gasteiger partial charge in [0.1, 0.15) is 0 Å². The van der Waals surface area contributed by atoms with Crippen molar-refractivity contribution in [1.29, 1.82) is 0 Å². The second kappa shape index (κ2) is 19.6. The van der Waals surface area contributed by atoms with Gasteiger partial charge in [0, 0.05) is 19.0 Å². The molecule has 2 aliphatic carbocycles. The van der Waals surface area contributed by atoms with Crippen molar-refractivity contribution in [3.8, 4) is 0 Å². The first-order valence-electron chi connectivity index (χ1n) is 11.6. The number of hydrogen-bond donors (Lipinski definition) is 1. The molecule has 0 amide bonds. The number of rotatable bonds is 8. The predicted molar refractivity (Wildman–Crippen MR) is 141 cm³/mol. The maximum Gasteiger partial charge on any atom is 0.0639 e. The van der Waals surface area contributed by atoms with Gasteiger partial charge in [-0.2, -0.15) is 5.10 Å². The van der Waals surface area contributed by atoms with E-state index in [-0.39, 0.29) is 0 Å². The lowest BCUT2D eigenvalue weighted by Gasteiger charge is -2.14. The first-order chi connectivity index (χ1) is 15.0. The Balaban J connectivity index is 0.000000456. The molecule has 1 fully saturated rings. The molecule has 1 saturated carbocycles. The molecule has 3 heteroatoms. The van der Waals surface area contributed by atoms with Crippen molar-refractivity contribution in [1.82, 2.24) is 10.3 Å². The molecular formula is C28H45N3. The molecule has 0 aliphatic heterocycles. The van der Waals surface area contributed by atoms with Crippen LogP contribution in [0.25, 0.3) is 0 Å². The monoisotopic (exact) mass is 423 g/mol. The molecule has 1 N–H and O–H groups in total. The van der Waals surface area contributed by atoms with Gasteiger partial charge in [0.05, 0.1) is 5.70 Å². The van der Waals surface area contributed by atoms with E-state index in [1.807, 2.05) is 45.2 Å². The highest BCUT2D eigenvalue weighted by Gasteiger charge is 2.11. The van der Waals surface area contributed by atoms with Crippen molar-refractivity contribution in [2.45, 2.75) is 79.2 Å². The zero-order chi connectivity index (χ0) is 23.3. The molecule has 172 valence electrons. The number of allylic oxidation sites excluding steroid dienone is 11. The fourth-order valence-electron chi connectivity index (χ4n) is 3.18. The van der Waals surface area contributed by atoms with Crippen LogP contribution in [0.2, 0.25) is 0 Å². The Hall–Kier alpha value is -2.39. The van der Waals surface area contributed by atoms with E-state index in [0.717, 1.165) is 30.3 Å². The molecule has 0 saturated heterocycles. The van der Waals surface area contributed by atoms with Crippen LogP contribution in [0, 0.1) is 0 Å². The van der Waals surface area contributed by atoms with Gasteiger partial charge < -0.3 is 5.32 Å². The largest absolute Gasteiger partial charge is 0.314 e. The van der Waals surface area contributed by atoms with E-state index in [2.05, 4.69) is 67.9 Å². The van der Waals surface area contributed by atoms with Crippen LogP contribution >= 0.6 is 0 Å². The first-order valence-corrected chi connectivity index (χ1v) is 11.6. The SMILES string of the molecule is C=C/C(=C\C=C/C)N(C=C(C)C)N=C.CCC1=CC=CC=CC1.CCNC1CCCC1. The van der Waals surface area contributed by atoms with Crippen LogP contribution in [0.3, 0.4) is 0 Å². The molecular weight excluding hydrogens is 378 g/mol. The summed E-state index contributed by atoms with van der Waals surface area (Å²) in [6.45, 7) is 18.7. The van der Waals surface area contributed by atoms with Crippen LogP contribution in [0.4, 0.5) is 0 Å². The summed E-state index contributed by atoms with van der Waals surface area (Å²) in [5.74, 6) is 0. The van der Waals surface area contributed by atoms with Crippen LogP contribution in [0.1, 0.15) is 73.1 Å². The summed E-state index contributed by atoms with van der Waals surface area (Å²) in [6.07, 6.45) is 28.1. The molecule has 0 bridgehead atoms. The Labute approximate surface area is 192 Å². The Morgan fingerprint density at radius 1 is 1.19 bits per heavy atom. The summed E-state index contributed by atoms with van der Waals surface area (Å²) in [4.78, 5) is 0. The number of hydrogen-bond acceptors (Lipinski definition) is 3. The maximum absolute atomic E-state index is 3.89. The van der Waals surface area contributed by atoms with Gasteiger partial charge in [-0.05, 0) is 65.2 Å². The third-order valence-electron chi connectivity index (χ3n) is 4.84. The third-order valence-corrected chi connectivity index (χ3v) is 4.84. The molecule has 0 heterocycles. The average Bonchev–Trinajstić information content (AvgIpc) is 3.14. The molecule has 0 spiro atoms. The minimum atomic E-state index is 0.861. The minimum absolute atomic E-state index is 0.861. The summed E-state index contributed by atoms with van der Waals surface area (Å²) in [5, 5.41) is 9.03. The predicted octanol–water partition coefficient (Wildman–Crippen LogP) is 7.85. The summed E-state index contributed by atoms with van der Waals surface area (Å²) in [5.41, 5.74) is 3.57. The third kappa shape index (κ3) is 15.1. The van der Waals surface area contributed by atoms with Crippen molar-refractivity contribution in [2.24, 2.45) is 5.10 Å². The lowest BCUT2D eigenvalue weighted by atomic mass is 10.1. The van der Waals surface area contributed by atoms with Gasteiger partial charge >= 0.3 is 0 Å². The van der Waals surface area contributed by atoms with Crippen LogP contribution in [-0.2, 0) is 0 Å². The zero-order valence-electron chi connectivity index (χ0n) is 20.6. The van der Waals surface area contributed by atoms with Gasteiger partial charge in [-0.15, -0.1) is 0 Å². The lowest BCUT2D eigenvalue weighted by molar-refractivity contribution is 0.514. The second-order valence-corrected chi connectivity index (χ2v) is 7.75. The van der Waals surface area contributed by atoms with Gasteiger partial charge in [-0.25, -0.2) is 5.01 Å². The molecule has 0 radical (unpaired) electrons. The average molecular weight is 424 g/mol. The van der Waals surface area contributed by atoms with Gasteiger partial charge in [-0.3, -0.25) is 0 Å². The van der Waals surface area contributed by atoms with E-state index in [1.54, 1.807) is 11.1 Å². The van der Waals surface area contributed by atoms with Gasteiger partial charge in [-0.1, -0.05) is 86.9 Å². The zero-order valence-corrected chi connectivity index (χ0v) is 20.6. The number of nitrogens with zero attached hydrogens (tertiary/aromatic N) is 2. The van der Waals surface area contributed by atoms with E-state index < -0.39 is 0 Å². The van der Waals surface area contributed by atoms with Gasteiger partial charge in [0.25, 0.3) is 0 Å².